The third kappa shape index (κ3) is 3.12. The molecule has 0 atom stereocenters. The van der Waals surface area contributed by atoms with Gasteiger partial charge in [0.25, 0.3) is 0 Å². The summed E-state index contributed by atoms with van der Waals surface area (Å²) in [5.41, 5.74) is 8.16. The molecule has 0 bridgehead atoms. The number of nitrogen functional groups attached to an aromatic ring is 1. The minimum Gasteiger partial charge on any atom is -0.398 e. The average molecular weight is 323 g/mol. The predicted molar refractivity (Wildman–Crippen MR) is 78.2 cm³/mol. The molecule has 3 N–H and O–H groups in total. The quantitative estimate of drug-likeness (QED) is 0.660. The monoisotopic (exact) mass is 322 g/mol. The van der Waals surface area contributed by atoms with E-state index in [1.165, 1.54) is 19.1 Å². The number of carbonyl (C=O) groups is 1. The van der Waals surface area contributed by atoms with E-state index in [2.05, 4.69) is 21.2 Å². The molecule has 19 heavy (non-hydrogen) atoms. The number of ketones is 1. The normalized spacial score (nSPS) is 10.3. The Kier molecular flexibility index (Phi) is 3.85. The van der Waals surface area contributed by atoms with Crippen LogP contribution in [0, 0.1) is 5.82 Å². The molecule has 3 nitrogen and oxygen atoms in total. The summed E-state index contributed by atoms with van der Waals surface area (Å²) in [4.78, 5) is 11.3. The molecule has 0 amide bonds. The molecule has 0 radical (unpaired) electrons. The Labute approximate surface area is 118 Å². The maximum atomic E-state index is 13.0. The molecule has 0 saturated heterocycles. The Hall–Kier alpha value is -1.88. The number of anilines is 3. The van der Waals surface area contributed by atoms with E-state index in [1.54, 1.807) is 24.3 Å². The van der Waals surface area contributed by atoms with Crippen LogP contribution in [0.4, 0.5) is 21.5 Å². The zero-order chi connectivity index (χ0) is 14.0. The van der Waals surface area contributed by atoms with E-state index in [4.69, 9.17) is 5.73 Å². The standard InChI is InChI=1S/C14H12BrFN2O/c1-8(19)11-4-3-10(7-13(11)17)18-14-5-2-9(16)6-12(14)15/h2-7,18H,17H2,1H3. The van der Waals surface area contributed by atoms with Crippen LogP contribution in [0.1, 0.15) is 17.3 Å². The number of hydrogen-bond acceptors (Lipinski definition) is 3. The molecule has 0 aromatic heterocycles. The molecule has 5 heteroatoms. The number of nitrogens with one attached hydrogen (secondary N) is 1. The first-order valence-electron chi connectivity index (χ1n) is 5.60. The van der Waals surface area contributed by atoms with Gasteiger partial charge in [-0.1, -0.05) is 0 Å². The van der Waals surface area contributed by atoms with Crippen LogP contribution in [-0.4, -0.2) is 5.78 Å². The molecular weight excluding hydrogens is 311 g/mol. The summed E-state index contributed by atoms with van der Waals surface area (Å²) in [6.45, 7) is 1.47. The molecule has 0 saturated carbocycles. The molecule has 2 aromatic carbocycles. The minimum absolute atomic E-state index is 0.0768. The highest BCUT2D eigenvalue weighted by Crippen LogP contribution is 2.28. The van der Waals surface area contributed by atoms with Crippen LogP contribution >= 0.6 is 15.9 Å². The van der Waals surface area contributed by atoms with Crippen molar-refractivity contribution in [3.05, 3.63) is 52.3 Å². The van der Waals surface area contributed by atoms with E-state index in [1.807, 2.05) is 0 Å². The third-order valence-corrected chi connectivity index (χ3v) is 3.30. The summed E-state index contributed by atoms with van der Waals surface area (Å²) in [6.07, 6.45) is 0. The van der Waals surface area contributed by atoms with E-state index >= 15 is 0 Å². The maximum Gasteiger partial charge on any atom is 0.161 e. The average Bonchev–Trinajstić information content (AvgIpc) is 2.32. The number of halogens is 2. The molecule has 0 aliphatic heterocycles. The lowest BCUT2D eigenvalue weighted by molar-refractivity contribution is 0.101. The van der Waals surface area contributed by atoms with Gasteiger partial charge in [-0.2, -0.15) is 0 Å². The van der Waals surface area contributed by atoms with Gasteiger partial charge in [0.1, 0.15) is 5.82 Å². The Bertz CT molecular complexity index is 643. The second-order valence-electron chi connectivity index (χ2n) is 4.11. The van der Waals surface area contributed by atoms with E-state index in [9.17, 15) is 9.18 Å². The highest BCUT2D eigenvalue weighted by molar-refractivity contribution is 9.10. The summed E-state index contributed by atoms with van der Waals surface area (Å²) < 4.78 is 13.6. The smallest absolute Gasteiger partial charge is 0.161 e. The van der Waals surface area contributed by atoms with Crippen molar-refractivity contribution in [2.24, 2.45) is 0 Å². The van der Waals surface area contributed by atoms with Gasteiger partial charge in [0.05, 0.1) is 5.69 Å². The molecule has 0 unspecified atom stereocenters. The van der Waals surface area contributed by atoms with E-state index in [0.29, 0.717) is 15.7 Å². The largest absolute Gasteiger partial charge is 0.398 e. The van der Waals surface area contributed by atoms with Gasteiger partial charge in [-0.3, -0.25) is 4.79 Å². The van der Waals surface area contributed by atoms with Gasteiger partial charge in [-0.25, -0.2) is 4.39 Å². The molecule has 0 heterocycles. The lowest BCUT2D eigenvalue weighted by atomic mass is 10.1. The fourth-order valence-electron chi connectivity index (χ4n) is 1.71. The predicted octanol–water partition coefficient (Wildman–Crippen LogP) is 4.12. The van der Waals surface area contributed by atoms with Crippen molar-refractivity contribution < 1.29 is 9.18 Å². The van der Waals surface area contributed by atoms with Crippen LogP contribution in [0.5, 0.6) is 0 Å². The van der Waals surface area contributed by atoms with Crippen molar-refractivity contribution in [1.82, 2.24) is 0 Å². The number of nitrogens with two attached hydrogens (primary N) is 1. The molecular formula is C14H12BrFN2O. The van der Waals surface area contributed by atoms with Crippen LogP contribution in [-0.2, 0) is 0 Å². The Morgan fingerprint density at radius 3 is 2.58 bits per heavy atom. The number of Topliss-reactive ketones (excluding diaryl/α,β-unsaturated/α-hetero) is 1. The lowest BCUT2D eigenvalue weighted by Gasteiger charge is -2.10. The SMILES string of the molecule is CC(=O)c1ccc(Nc2ccc(F)cc2Br)cc1N. The van der Waals surface area contributed by atoms with Gasteiger partial charge >= 0.3 is 0 Å². The van der Waals surface area contributed by atoms with Gasteiger partial charge in [0.2, 0.25) is 0 Å². The summed E-state index contributed by atoms with van der Waals surface area (Å²) >= 11 is 3.27. The first-order chi connectivity index (χ1) is 8.97. The first kappa shape index (κ1) is 13.5. The molecule has 98 valence electrons. The number of rotatable bonds is 3. The van der Waals surface area contributed by atoms with Crippen LogP contribution in [0.25, 0.3) is 0 Å². The highest BCUT2D eigenvalue weighted by atomic mass is 79.9. The van der Waals surface area contributed by atoms with Crippen LogP contribution in [0.3, 0.4) is 0 Å². The summed E-state index contributed by atoms with van der Waals surface area (Å²) in [5.74, 6) is -0.393. The zero-order valence-corrected chi connectivity index (χ0v) is 11.8. The summed E-state index contributed by atoms with van der Waals surface area (Å²) in [6, 6.07) is 9.44. The van der Waals surface area contributed by atoms with Gasteiger partial charge < -0.3 is 11.1 Å². The van der Waals surface area contributed by atoms with Crippen molar-refractivity contribution in [3.8, 4) is 0 Å². The van der Waals surface area contributed by atoms with Gasteiger partial charge in [-0.15, -0.1) is 0 Å². The number of carbonyl (C=O) groups excluding carboxylic acids is 1. The van der Waals surface area contributed by atoms with Gasteiger partial charge in [-0.05, 0) is 59.3 Å². The second kappa shape index (κ2) is 5.40. The van der Waals surface area contributed by atoms with Crippen LogP contribution < -0.4 is 11.1 Å². The molecule has 0 fully saturated rings. The number of hydrogen-bond donors (Lipinski definition) is 2. The molecule has 2 rings (SSSR count). The Morgan fingerprint density at radius 2 is 2.00 bits per heavy atom. The van der Waals surface area contributed by atoms with E-state index in [-0.39, 0.29) is 11.6 Å². The minimum atomic E-state index is -0.316. The molecule has 2 aromatic rings. The fraction of sp³-hybridized carbons (Fsp3) is 0.0714. The molecule has 0 spiro atoms. The summed E-state index contributed by atoms with van der Waals surface area (Å²) in [5, 5.41) is 3.10. The Balaban J connectivity index is 2.29. The fourth-order valence-corrected chi connectivity index (χ4v) is 2.16. The van der Waals surface area contributed by atoms with E-state index < -0.39 is 0 Å². The summed E-state index contributed by atoms with van der Waals surface area (Å²) in [7, 11) is 0. The number of benzene rings is 2. The van der Waals surface area contributed by atoms with Crippen molar-refractivity contribution in [2.75, 3.05) is 11.1 Å². The topological polar surface area (TPSA) is 55.1 Å². The van der Waals surface area contributed by atoms with Gasteiger partial charge in [0.15, 0.2) is 5.78 Å². The van der Waals surface area contributed by atoms with E-state index in [0.717, 1.165) is 11.4 Å². The first-order valence-corrected chi connectivity index (χ1v) is 6.39. The lowest BCUT2D eigenvalue weighted by Crippen LogP contribution is -2.01. The second-order valence-corrected chi connectivity index (χ2v) is 4.96. The van der Waals surface area contributed by atoms with Crippen molar-refractivity contribution in [2.45, 2.75) is 6.92 Å². The van der Waals surface area contributed by atoms with Gasteiger partial charge in [0, 0.05) is 21.4 Å². The molecule has 0 aliphatic carbocycles. The van der Waals surface area contributed by atoms with Crippen LogP contribution in [0.2, 0.25) is 0 Å². The van der Waals surface area contributed by atoms with Crippen LogP contribution in [0.15, 0.2) is 40.9 Å². The molecule has 0 aliphatic rings. The Morgan fingerprint density at radius 1 is 1.26 bits per heavy atom. The van der Waals surface area contributed by atoms with Crippen molar-refractivity contribution >= 4 is 38.8 Å². The highest BCUT2D eigenvalue weighted by Gasteiger charge is 2.07. The van der Waals surface area contributed by atoms with Crippen molar-refractivity contribution in [1.29, 1.82) is 0 Å². The zero-order valence-electron chi connectivity index (χ0n) is 10.2. The third-order valence-electron chi connectivity index (χ3n) is 2.64. The van der Waals surface area contributed by atoms with Crippen molar-refractivity contribution in [3.63, 3.8) is 0 Å². The maximum absolute atomic E-state index is 13.0.